The lowest BCUT2D eigenvalue weighted by Crippen LogP contribution is -2.68. The summed E-state index contributed by atoms with van der Waals surface area (Å²) in [6, 6.07) is 0. The van der Waals surface area contributed by atoms with E-state index in [0.717, 1.165) is 19.3 Å². The number of carbonyl (C=O) groups is 1. The third-order valence-electron chi connectivity index (χ3n) is 19.4. The molecule has 0 bridgehead atoms. The van der Waals surface area contributed by atoms with Crippen LogP contribution < -0.4 is 0 Å². The van der Waals surface area contributed by atoms with E-state index in [2.05, 4.69) is 40.7 Å². The lowest BCUT2D eigenvalue weighted by atomic mass is 9.33. The summed E-state index contributed by atoms with van der Waals surface area (Å²) in [5.41, 5.74) is -1.76. The van der Waals surface area contributed by atoms with Crippen LogP contribution in [-0.2, 0) is 33.2 Å². The highest BCUT2D eigenvalue weighted by molar-refractivity contribution is 5.79. The van der Waals surface area contributed by atoms with Crippen molar-refractivity contribution >= 4 is 5.97 Å². The Bertz CT molecular complexity index is 1830. The Morgan fingerprint density at radius 1 is 0.687 bits per heavy atom. The van der Waals surface area contributed by atoms with Gasteiger partial charge in [0.15, 0.2) is 12.6 Å². The molecule has 25 atom stereocenters. The Kier molecular flexibility index (Phi) is 14.1. The fourth-order valence-corrected chi connectivity index (χ4v) is 15.0. The molecular weight excluding hydrogens is 881 g/mol. The molecule has 7 fully saturated rings. The van der Waals surface area contributed by atoms with Crippen LogP contribution in [0.3, 0.4) is 0 Å². The molecule has 67 heavy (non-hydrogen) atoms. The van der Waals surface area contributed by atoms with Gasteiger partial charge in [0.05, 0.1) is 43.5 Å². The Morgan fingerprint density at radius 2 is 1.31 bits per heavy atom. The molecule has 0 spiro atoms. The summed E-state index contributed by atoms with van der Waals surface area (Å²) in [4.78, 5) is 15.0. The molecule has 8 rings (SSSR count). The van der Waals surface area contributed by atoms with Gasteiger partial charge in [-0.05, 0) is 104 Å². The topological polar surface area (TPSA) is 315 Å². The Balaban J connectivity index is 0.982. The molecule has 0 aromatic heterocycles. The highest BCUT2D eigenvalue weighted by Crippen LogP contribution is 2.76. The first-order chi connectivity index (χ1) is 31.2. The van der Waals surface area contributed by atoms with Crippen molar-refractivity contribution in [1.82, 2.24) is 0 Å². The zero-order valence-electron chi connectivity index (χ0n) is 39.8. The van der Waals surface area contributed by atoms with Crippen LogP contribution in [0.15, 0.2) is 11.6 Å². The molecule has 384 valence electrons. The SMILES string of the molecule is C[C@@H]1O[C@@H](O[C@H]2[C@H](O)[C@@H](O)[C@H](OC[C@H]3O[C@@H](OC(=O)[C@]45CCC(C)(C)C[C@H]4C4=CC[C@@H]6[C@@]7(C)C[C@@H](O)[C@H](O)[C@@](C)(CO)[C@@H]7CC[C@@]6(C)[C@]4(C)CC5)[C@H](O)[C@@H](O)[C@@H]3O)O[C@@H]2CO)[C@H](O)[C@H](O)[C@H]1O. The normalized spacial score (nSPS) is 55.2. The third-order valence-corrected chi connectivity index (χ3v) is 19.4. The number of carbonyl (C=O) groups excluding carboxylic acids is 1. The molecular formula is C48H78O19. The molecule has 0 amide bonds. The molecule has 4 saturated carbocycles. The number of esters is 1. The van der Waals surface area contributed by atoms with E-state index in [-0.39, 0.29) is 46.0 Å². The van der Waals surface area contributed by atoms with E-state index in [9.17, 15) is 66.1 Å². The molecule has 8 aliphatic rings. The maximum Gasteiger partial charge on any atom is 0.315 e. The van der Waals surface area contributed by atoms with Crippen molar-refractivity contribution in [3.63, 3.8) is 0 Å². The molecule has 0 radical (unpaired) electrons. The molecule has 5 aliphatic carbocycles. The number of hydrogen-bond donors (Lipinski definition) is 12. The van der Waals surface area contributed by atoms with E-state index in [1.165, 1.54) is 12.5 Å². The summed E-state index contributed by atoms with van der Waals surface area (Å²) in [5, 5.41) is 130. The largest absolute Gasteiger partial charge is 0.432 e. The first-order valence-electron chi connectivity index (χ1n) is 24.4. The summed E-state index contributed by atoms with van der Waals surface area (Å²) >= 11 is 0. The van der Waals surface area contributed by atoms with E-state index in [1.807, 2.05) is 6.92 Å². The smallest absolute Gasteiger partial charge is 0.315 e. The van der Waals surface area contributed by atoms with Crippen molar-refractivity contribution < 1.29 is 94.5 Å². The van der Waals surface area contributed by atoms with E-state index in [1.54, 1.807) is 0 Å². The lowest BCUT2D eigenvalue weighted by Gasteiger charge is -2.71. The van der Waals surface area contributed by atoms with Crippen LogP contribution in [0.1, 0.15) is 106 Å². The van der Waals surface area contributed by atoms with Gasteiger partial charge in [-0.15, -0.1) is 0 Å². The standard InChI is InChI=1S/C48H78O19/c1-21-29(52)31(54)34(57)40(63-21)66-37-25(18-49)64-39(36(59)33(37)56)62-19-26-30(53)32(55)35(58)41(65-26)67-42(61)48-14-12-43(2,3)16-23(48)22-8-9-28-44(4)17-24(51)38(60)45(5,20-50)27(44)10-11-47(28,7)46(22,6)13-15-48/h8,21,23-41,49-60H,9-20H2,1-7H3/t21-,23-,24+,25+,26+,27+,28+,29-,30+,31+,32-,33+,34+,35+,36+,37+,38-,39+,40-,41-,44-,45-,46+,47+,48-/m0/s1. The van der Waals surface area contributed by atoms with E-state index >= 15 is 0 Å². The summed E-state index contributed by atoms with van der Waals surface area (Å²) in [6.07, 6.45) is -18.3. The number of allylic oxidation sites excluding steroid dienone is 2. The molecule has 3 saturated heterocycles. The van der Waals surface area contributed by atoms with Gasteiger partial charge in [0.25, 0.3) is 0 Å². The van der Waals surface area contributed by atoms with Crippen molar-refractivity contribution in [3.8, 4) is 0 Å². The Hall–Kier alpha value is -1.47. The van der Waals surface area contributed by atoms with Gasteiger partial charge in [0.2, 0.25) is 6.29 Å². The second kappa shape index (κ2) is 18.2. The number of rotatable bonds is 9. The number of aliphatic hydroxyl groups is 12. The van der Waals surface area contributed by atoms with Gasteiger partial charge >= 0.3 is 5.97 Å². The first kappa shape index (κ1) is 51.9. The molecule has 3 aliphatic heterocycles. The predicted octanol–water partition coefficient (Wildman–Crippen LogP) is -0.889. The first-order valence-corrected chi connectivity index (χ1v) is 24.4. The summed E-state index contributed by atoms with van der Waals surface area (Å²) < 4.78 is 34.7. The average Bonchev–Trinajstić information content (AvgIpc) is 3.28. The number of aliphatic hydroxyl groups excluding tert-OH is 12. The molecule has 0 aromatic rings. The Labute approximate surface area is 392 Å². The maximum absolute atomic E-state index is 15.0. The second-order valence-electron chi connectivity index (χ2n) is 23.5. The molecule has 3 heterocycles. The third kappa shape index (κ3) is 8.10. The zero-order chi connectivity index (χ0) is 49.1. The molecule has 19 nitrogen and oxygen atoms in total. The van der Waals surface area contributed by atoms with E-state index in [4.69, 9.17) is 28.4 Å². The van der Waals surface area contributed by atoms with Crippen molar-refractivity contribution in [2.75, 3.05) is 19.8 Å². The highest BCUT2D eigenvalue weighted by Gasteiger charge is 2.71. The summed E-state index contributed by atoms with van der Waals surface area (Å²) in [6.45, 7) is 13.0. The van der Waals surface area contributed by atoms with E-state index < -0.39 is 134 Å². The Morgan fingerprint density at radius 3 is 1.99 bits per heavy atom. The zero-order valence-corrected chi connectivity index (χ0v) is 39.8. The predicted molar refractivity (Wildman–Crippen MR) is 232 cm³/mol. The van der Waals surface area contributed by atoms with Crippen LogP contribution in [0.25, 0.3) is 0 Å². The quantitative estimate of drug-likeness (QED) is 0.0986. The van der Waals surface area contributed by atoms with Gasteiger partial charge in [-0.2, -0.15) is 0 Å². The van der Waals surface area contributed by atoms with Crippen molar-refractivity contribution in [2.45, 2.75) is 211 Å². The van der Waals surface area contributed by atoms with Gasteiger partial charge in [-0.1, -0.05) is 53.2 Å². The van der Waals surface area contributed by atoms with Gasteiger partial charge in [0.1, 0.15) is 67.1 Å². The minimum absolute atomic E-state index is 0.0113. The fourth-order valence-electron chi connectivity index (χ4n) is 15.0. The summed E-state index contributed by atoms with van der Waals surface area (Å²) in [7, 11) is 0. The van der Waals surface area contributed by atoms with Crippen molar-refractivity contribution in [2.24, 2.45) is 50.2 Å². The van der Waals surface area contributed by atoms with Gasteiger partial charge < -0.3 is 89.7 Å². The lowest BCUT2D eigenvalue weighted by molar-refractivity contribution is -0.361. The minimum atomic E-state index is -1.86. The fraction of sp³-hybridized carbons (Fsp3) is 0.938. The average molecular weight is 959 g/mol. The van der Waals surface area contributed by atoms with Crippen LogP contribution in [0.4, 0.5) is 0 Å². The van der Waals surface area contributed by atoms with Crippen LogP contribution >= 0.6 is 0 Å². The molecule has 0 unspecified atom stereocenters. The van der Waals surface area contributed by atoms with Crippen LogP contribution in [-0.4, -0.2) is 191 Å². The maximum atomic E-state index is 15.0. The van der Waals surface area contributed by atoms with Crippen LogP contribution in [0, 0.1) is 50.2 Å². The second-order valence-corrected chi connectivity index (χ2v) is 23.5. The number of ether oxygens (including phenoxy) is 6. The van der Waals surface area contributed by atoms with Gasteiger partial charge in [-0.25, -0.2) is 0 Å². The monoisotopic (exact) mass is 959 g/mol. The van der Waals surface area contributed by atoms with E-state index in [0.29, 0.717) is 38.5 Å². The van der Waals surface area contributed by atoms with Crippen LogP contribution in [0.5, 0.6) is 0 Å². The van der Waals surface area contributed by atoms with Gasteiger partial charge in [0, 0.05) is 5.41 Å². The van der Waals surface area contributed by atoms with Gasteiger partial charge in [-0.3, -0.25) is 4.79 Å². The van der Waals surface area contributed by atoms with Crippen LogP contribution in [0.2, 0.25) is 0 Å². The number of hydrogen-bond acceptors (Lipinski definition) is 19. The van der Waals surface area contributed by atoms with Crippen molar-refractivity contribution in [1.29, 1.82) is 0 Å². The highest BCUT2D eigenvalue weighted by atomic mass is 16.8. The number of fused-ring (bicyclic) bond motifs is 7. The minimum Gasteiger partial charge on any atom is -0.432 e. The molecule has 19 heteroatoms. The van der Waals surface area contributed by atoms with Crippen molar-refractivity contribution in [3.05, 3.63) is 11.6 Å². The molecule has 12 N–H and O–H groups in total. The molecule has 0 aromatic carbocycles. The summed E-state index contributed by atoms with van der Waals surface area (Å²) in [5.74, 6) is -0.715.